The highest BCUT2D eigenvalue weighted by atomic mass is 19.2. The van der Waals surface area contributed by atoms with Crippen LogP contribution in [0.2, 0.25) is 0 Å². The van der Waals surface area contributed by atoms with Crippen LogP contribution in [0.4, 0.5) is 22.0 Å². The second kappa shape index (κ2) is 5.65. The Morgan fingerprint density at radius 2 is 1.53 bits per heavy atom. The third kappa shape index (κ3) is 2.81. The maximum atomic E-state index is 13.4. The molecule has 1 aromatic rings. The van der Waals surface area contributed by atoms with Crippen LogP contribution in [0.1, 0.15) is 25.0 Å². The van der Waals surface area contributed by atoms with Crippen LogP contribution in [0.15, 0.2) is 0 Å². The van der Waals surface area contributed by atoms with Gasteiger partial charge in [-0.15, -0.1) is 0 Å². The van der Waals surface area contributed by atoms with E-state index < -0.39 is 53.1 Å². The smallest absolute Gasteiger partial charge is 0.303 e. The molecule has 8 heteroatoms. The lowest BCUT2D eigenvalue weighted by Crippen LogP contribution is -2.15. The summed E-state index contributed by atoms with van der Waals surface area (Å²) in [4.78, 5) is 10.7. The fourth-order valence-electron chi connectivity index (χ4n) is 1.39. The van der Waals surface area contributed by atoms with Crippen molar-refractivity contribution >= 4 is 5.97 Å². The van der Waals surface area contributed by atoms with Crippen molar-refractivity contribution in [2.24, 2.45) is 0 Å². The first-order valence-corrected chi connectivity index (χ1v) is 4.86. The first-order chi connectivity index (χ1) is 8.81. The van der Waals surface area contributed by atoms with Gasteiger partial charge in [0.25, 0.3) is 0 Å². The van der Waals surface area contributed by atoms with Crippen LogP contribution in [-0.4, -0.2) is 5.97 Å². The van der Waals surface area contributed by atoms with Gasteiger partial charge in [-0.2, -0.15) is 5.26 Å². The Morgan fingerprint density at radius 1 is 1.11 bits per heavy atom. The van der Waals surface area contributed by atoms with Crippen molar-refractivity contribution < 1.29 is 31.5 Å². The Morgan fingerprint density at radius 3 is 1.89 bits per heavy atom. The maximum absolute atomic E-state index is 13.4. The number of benzene rings is 1. The van der Waals surface area contributed by atoms with Crippen molar-refractivity contribution in [2.45, 2.75) is 19.4 Å². The Kier molecular flexibility index (Phi) is 4.43. The summed E-state index contributed by atoms with van der Waals surface area (Å²) in [6.45, 7) is 0.871. The van der Waals surface area contributed by atoms with E-state index >= 15 is 0 Å². The van der Waals surface area contributed by atoms with Gasteiger partial charge in [-0.05, 0) is 0 Å². The first kappa shape index (κ1) is 14.9. The highest BCUT2D eigenvalue weighted by Crippen LogP contribution is 2.31. The van der Waals surface area contributed by atoms with Gasteiger partial charge in [0.05, 0.1) is 18.1 Å². The lowest BCUT2D eigenvalue weighted by atomic mass is 10.0. The SMILES string of the molecule is CC(=O)OC(CC#N)c1c(F)c(F)c(F)c(F)c1F. The van der Waals surface area contributed by atoms with E-state index in [0.29, 0.717) is 0 Å². The van der Waals surface area contributed by atoms with E-state index in [1.54, 1.807) is 0 Å². The van der Waals surface area contributed by atoms with E-state index in [0.717, 1.165) is 6.92 Å². The molecule has 0 aliphatic rings. The van der Waals surface area contributed by atoms with Crippen molar-refractivity contribution in [3.63, 3.8) is 0 Å². The molecule has 0 radical (unpaired) electrons. The normalized spacial score (nSPS) is 11.8. The Balaban J connectivity index is 3.47. The van der Waals surface area contributed by atoms with Crippen LogP contribution < -0.4 is 0 Å². The molecule has 1 atom stereocenters. The van der Waals surface area contributed by atoms with Crippen molar-refractivity contribution in [1.29, 1.82) is 5.26 Å². The zero-order chi connectivity index (χ0) is 14.7. The summed E-state index contributed by atoms with van der Waals surface area (Å²) in [5.41, 5.74) is -1.34. The van der Waals surface area contributed by atoms with Gasteiger partial charge in [0.2, 0.25) is 5.82 Å². The van der Waals surface area contributed by atoms with Crippen LogP contribution in [0.5, 0.6) is 0 Å². The summed E-state index contributed by atoms with van der Waals surface area (Å²) in [6.07, 6.45) is -2.62. The number of nitriles is 1. The second-order valence-corrected chi connectivity index (χ2v) is 3.44. The van der Waals surface area contributed by atoms with Crippen LogP contribution in [0.3, 0.4) is 0 Å². The molecule has 1 aromatic carbocycles. The van der Waals surface area contributed by atoms with Crippen molar-refractivity contribution in [3.05, 3.63) is 34.6 Å². The minimum atomic E-state index is -2.32. The summed E-state index contributed by atoms with van der Waals surface area (Å²) >= 11 is 0. The fourth-order valence-corrected chi connectivity index (χ4v) is 1.39. The van der Waals surface area contributed by atoms with Gasteiger partial charge in [0.15, 0.2) is 23.3 Å². The Hall–Kier alpha value is -2.17. The highest BCUT2D eigenvalue weighted by Gasteiger charge is 2.31. The van der Waals surface area contributed by atoms with Gasteiger partial charge < -0.3 is 4.74 Å². The van der Waals surface area contributed by atoms with E-state index in [-0.39, 0.29) is 0 Å². The van der Waals surface area contributed by atoms with Gasteiger partial charge in [0, 0.05) is 6.92 Å². The lowest BCUT2D eigenvalue weighted by molar-refractivity contribution is -0.146. The number of esters is 1. The van der Waals surface area contributed by atoms with Crippen molar-refractivity contribution in [3.8, 4) is 6.07 Å². The van der Waals surface area contributed by atoms with Crippen molar-refractivity contribution in [1.82, 2.24) is 0 Å². The third-order valence-electron chi connectivity index (χ3n) is 2.15. The van der Waals surface area contributed by atoms with Crippen LogP contribution >= 0.6 is 0 Å². The maximum Gasteiger partial charge on any atom is 0.303 e. The van der Waals surface area contributed by atoms with Gasteiger partial charge in [-0.3, -0.25) is 4.79 Å². The molecule has 0 saturated heterocycles. The minimum Gasteiger partial charge on any atom is -0.456 e. The van der Waals surface area contributed by atoms with Gasteiger partial charge in [-0.1, -0.05) is 0 Å². The predicted molar refractivity (Wildman–Crippen MR) is 51.0 cm³/mol. The third-order valence-corrected chi connectivity index (χ3v) is 2.15. The minimum absolute atomic E-state index is 0.752. The summed E-state index contributed by atoms with van der Waals surface area (Å²) in [5, 5.41) is 8.44. The molecule has 102 valence electrons. The highest BCUT2D eigenvalue weighted by molar-refractivity contribution is 5.66. The van der Waals surface area contributed by atoms with E-state index in [1.807, 2.05) is 0 Å². The van der Waals surface area contributed by atoms with Crippen molar-refractivity contribution in [2.75, 3.05) is 0 Å². The van der Waals surface area contributed by atoms with Gasteiger partial charge in [-0.25, -0.2) is 22.0 Å². The molecule has 0 aliphatic carbocycles. The number of carbonyl (C=O) groups is 1. The molecule has 0 aromatic heterocycles. The molecule has 0 fully saturated rings. The predicted octanol–water partition coefficient (Wildman–Crippen LogP) is 2.90. The number of hydrogen-bond acceptors (Lipinski definition) is 3. The fraction of sp³-hybridized carbons (Fsp3) is 0.273. The van der Waals surface area contributed by atoms with E-state index in [9.17, 15) is 26.7 Å². The first-order valence-electron chi connectivity index (χ1n) is 4.86. The molecular weight excluding hydrogens is 273 g/mol. The molecule has 0 spiro atoms. The standard InChI is InChI=1S/C11H6F5NO2/c1-4(18)19-5(2-3-17)6-7(12)9(14)11(16)10(15)8(6)13/h5H,2H2,1H3. The van der Waals surface area contributed by atoms with E-state index in [1.165, 1.54) is 6.07 Å². The molecule has 0 saturated carbocycles. The quantitative estimate of drug-likeness (QED) is 0.370. The van der Waals surface area contributed by atoms with E-state index in [4.69, 9.17) is 5.26 Å². The Labute approximate surface area is 104 Å². The number of hydrogen-bond donors (Lipinski definition) is 0. The van der Waals surface area contributed by atoms with Crippen LogP contribution in [-0.2, 0) is 9.53 Å². The number of nitrogens with zero attached hydrogens (tertiary/aromatic N) is 1. The van der Waals surface area contributed by atoms with Gasteiger partial charge >= 0.3 is 5.97 Å². The molecule has 0 aliphatic heterocycles. The Bertz CT molecular complexity index is 538. The summed E-state index contributed by atoms with van der Waals surface area (Å²) in [5.74, 6) is -11.9. The van der Waals surface area contributed by atoms with Crippen LogP contribution in [0, 0.1) is 40.4 Å². The zero-order valence-electron chi connectivity index (χ0n) is 9.44. The molecule has 1 rings (SSSR count). The molecule has 19 heavy (non-hydrogen) atoms. The second-order valence-electron chi connectivity index (χ2n) is 3.44. The lowest BCUT2D eigenvalue weighted by Gasteiger charge is -2.16. The molecular formula is C11H6F5NO2. The summed E-state index contributed by atoms with van der Waals surface area (Å²) in [6, 6.07) is 1.43. The average Bonchev–Trinajstić information content (AvgIpc) is 2.34. The number of halogens is 5. The topological polar surface area (TPSA) is 50.1 Å². The number of carbonyl (C=O) groups excluding carboxylic acids is 1. The van der Waals surface area contributed by atoms with Crippen LogP contribution in [0.25, 0.3) is 0 Å². The van der Waals surface area contributed by atoms with E-state index in [2.05, 4.69) is 4.74 Å². The number of ether oxygens (including phenoxy) is 1. The molecule has 0 amide bonds. The monoisotopic (exact) mass is 279 g/mol. The molecule has 1 unspecified atom stereocenters. The summed E-state index contributed by atoms with van der Waals surface area (Å²) in [7, 11) is 0. The number of rotatable bonds is 3. The van der Waals surface area contributed by atoms with Gasteiger partial charge in [0.1, 0.15) is 6.10 Å². The summed E-state index contributed by atoms with van der Waals surface area (Å²) < 4.78 is 69.9. The molecule has 0 heterocycles. The largest absolute Gasteiger partial charge is 0.456 e. The molecule has 3 nitrogen and oxygen atoms in total. The average molecular weight is 279 g/mol. The zero-order valence-corrected chi connectivity index (χ0v) is 9.44. The molecule has 0 N–H and O–H groups in total. The molecule has 0 bridgehead atoms.